The number of ether oxygens (including phenoxy) is 3. The number of hydrogen-bond acceptors (Lipinski definition) is 5. The smallest absolute Gasteiger partial charge is 0.231 e. The van der Waals surface area contributed by atoms with Gasteiger partial charge in [-0.1, -0.05) is 30.3 Å². The van der Waals surface area contributed by atoms with Crippen LogP contribution in [-0.2, 0) is 18.0 Å². The summed E-state index contributed by atoms with van der Waals surface area (Å²) in [6.07, 6.45) is 2.32. The van der Waals surface area contributed by atoms with E-state index < -0.39 is 0 Å². The molecular weight excluding hydrogens is 330 g/mol. The Morgan fingerprint density at radius 1 is 1.00 bits per heavy atom. The lowest BCUT2D eigenvalue weighted by molar-refractivity contribution is 0.100. The number of benzene rings is 2. The molecule has 132 valence electrons. The maximum Gasteiger partial charge on any atom is 0.231 e. The van der Waals surface area contributed by atoms with Crippen molar-refractivity contribution in [3.63, 3.8) is 0 Å². The number of fused-ring (bicyclic) bond motifs is 1. The van der Waals surface area contributed by atoms with Crippen molar-refractivity contribution < 1.29 is 14.2 Å². The van der Waals surface area contributed by atoms with E-state index >= 15 is 0 Å². The van der Waals surface area contributed by atoms with Crippen LogP contribution in [-0.4, -0.2) is 21.6 Å². The summed E-state index contributed by atoms with van der Waals surface area (Å²) < 4.78 is 18.6. The van der Waals surface area contributed by atoms with Crippen LogP contribution in [0.25, 0.3) is 5.69 Å². The van der Waals surface area contributed by atoms with Crippen LogP contribution in [0.3, 0.4) is 0 Å². The topological polar surface area (TPSA) is 58.4 Å². The van der Waals surface area contributed by atoms with Crippen molar-refractivity contribution in [3.8, 4) is 17.2 Å². The Morgan fingerprint density at radius 3 is 2.69 bits per heavy atom. The second kappa shape index (κ2) is 6.46. The van der Waals surface area contributed by atoms with Gasteiger partial charge in [0.05, 0.1) is 12.3 Å². The molecule has 26 heavy (non-hydrogen) atoms. The minimum Gasteiger partial charge on any atom is -0.454 e. The first-order valence-corrected chi connectivity index (χ1v) is 8.84. The standard InChI is InChI=1S/C20H19N3O3/c1-2-4-14(5-3-1)11-24-12-19-21-20(15-6-7-15)22-23(19)16-8-9-17-18(10-16)26-13-25-17/h1-5,8-10,15H,6-7,11-13H2. The third-order valence-electron chi connectivity index (χ3n) is 4.58. The summed E-state index contributed by atoms with van der Waals surface area (Å²) in [6.45, 7) is 1.22. The Balaban J connectivity index is 1.39. The van der Waals surface area contributed by atoms with E-state index in [-0.39, 0.29) is 6.79 Å². The number of rotatable bonds is 6. The maximum absolute atomic E-state index is 5.89. The molecule has 1 saturated carbocycles. The number of nitrogens with zero attached hydrogens (tertiary/aromatic N) is 3. The third-order valence-corrected chi connectivity index (χ3v) is 4.58. The third kappa shape index (κ3) is 3.04. The van der Waals surface area contributed by atoms with Gasteiger partial charge in [0.25, 0.3) is 0 Å². The quantitative estimate of drug-likeness (QED) is 0.681. The molecule has 2 heterocycles. The van der Waals surface area contributed by atoms with Gasteiger partial charge in [-0.15, -0.1) is 0 Å². The summed E-state index contributed by atoms with van der Waals surface area (Å²) in [6, 6.07) is 16.0. The van der Waals surface area contributed by atoms with E-state index in [4.69, 9.17) is 24.3 Å². The molecule has 0 bridgehead atoms. The van der Waals surface area contributed by atoms with Crippen molar-refractivity contribution in [1.82, 2.24) is 14.8 Å². The van der Waals surface area contributed by atoms with Crippen LogP contribution < -0.4 is 9.47 Å². The zero-order chi connectivity index (χ0) is 17.3. The van der Waals surface area contributed by atoms with Gasteiger partial charge in [-0.25, -0.2) is 9.67 Å². The summed E-state index contributed by atoms with van der Waals surface area (Å²) >= 11 is 0. The van der Waals surface area contributed by atoms with Crippen LogP contribution in [0.5, 0.6) is 11.5 Å². The predicted octanol–water partition coefficient (Wildman–Crippen LogP) is 3.59. The van der Waals surface area contributed by atoms with Crippen molar-refractivity contribution in [3.05, 3.63) is 65.7 Å². The lowest BCUT2D eigenvalue weighted by Crippen LogP contribution is -2.05. The Labute approximate surface area is 151 Å². The zero-order valence-corrected chi connectivity index (χ0v) is 14.3. The molecule has 0 amide bonds. The Morgan fingerprint density at radius 2 is 1.85 bits per heavy atom. The fraction of sp³-hybridized carbons (Fsp3) is 0.300. The molecule has 0 saturated heterocycles. The Kier molecular flexibility index (Phi) is 3.83. The molecule has 0 unspecified atom stereocenters. The van der Waals surface area contributed by atoms with Gasteiger partial charge in [0.15, 0.2) is 23.1 Å². The number of aromatic nitrogens is 3. The summed E-state index contributed by atoms with van der Waals surface area (Å²) in [5, 5.41) is 4.72. The van der Waals surface area contributed by atoms with E-state index in [0.717, 1.165) is 47.2 Å². The molecule has 3 aromatic rings. The van der Waals surface area contributed by atoms with Crippen LogP contribution in [0.1, 0.15) is 36.0 Å². The molecule has 1 fully saturated rings. The van der Waals surface area contributed by atoms with Crippen molar-refractivity contribution in [2.24, 2.45) is 0 Å². The molecule has 0 radical (unpaired) electrons. The summed E-state index contributed by atoms with van der Waals surface area (Å²) in [7, 11) is 0. The van der Waals surface area contributed by atoms with E-state index in [9.17, 15) is 0 Å². The zero-order valence-electron chi connectivity index (χ0n) is 14.3. The molecule has 6 heteroatoms. The van der Waals surface area contributed by atoms with Gasteiger partial charge >= 0.3 is 0 Å². The highest BCUT2D eigenvalue weighted by atomic mass is 16.7. The monoisotopic (exact) mass is 349 g/mol. The van der Waals surface area contributed by atoms with Gasteiger partial charge in [0.2, 0.25) is 6.79 Å². The highest BCUT2D eigenvalue weighted by Crippen LogP contribution is 2.39. The Bertz CT molecular complexity index is 919. The molecule has 2 aromatic carbocycles. The molecule has 0 N–H and O–H groups in total. The second-order valence-electron chi connectivity index (χ2n) is 6.59. The normalized spacial score (nSPS) is 15.4. The minimum absolute atomic E-state index is 0.260. The maximum atomic E-state index is 5.89. The minimum atomic E-state index is 0.260. The van der Waals surface area contributed by atoms with Crippen molar-refractivity contribution in [2.75, 3.05) is 6.79 Å². The summed E-state index contributed by atoms with van der Waals surface area (Å²) in [5.41, 5.74) is 2.05. The van der Waals surface area contributed by atoms with Crippen LogP contribution in [0.15, 0.2) is 48.5 Å². The highest BCUT2D eigenvalue weighted by molar-refractivity contribution is 5.50. The first-order valence-electron chi connectivity index (χ1n) is 8.84. The molecule has 6 nitrogen and oxygen atoms in total. The lowest BCUT2D eigenvalue weighted by Gasteiger charge is -2.08. The van der Waals surface area contributed by atoms with Crippen molar-refractivity contribution in [1.29, 1.82) is 0 Å². The van der Waals surface area contributed by atoms with Crippen LogP contribution in [0.4, 0.5) is 0 Å². The average Bonchev–Trinajstić information content (AvgIpc) is 3.27. The molecule has 1 aliphatic heterocycles. The first kappa shape index (κ1) is 15.4. The number of hydrogen-bond donors (Lipinski definition) is 0. The summed E-state index contributed by atoms with van der Waals surface area (Å²) in [4.78, 5) is 4.73. The van der Waals surface area contributed by atoms with Crippen LogP contribution in [0.2, 0.25) is 0 Å². The van der Waals surface area contributed by atoms with E-state index in [1.54, 1.807) is 0 Å². The van der Waals surface area contributed by atoms with Gasteiger partial charge < -0.3 is 14.2 Å². The van der Waals surface area contributed by atoms with E-state index in [2.05, 4.69) is 12.1 Å². The largest absolute Gasteiger partial charge is 0.454 e. The fourth-order valence-corrected chi connectivity index (χ4v) is 3.03. The van der Waals surface area contributed by atoms with Crippen molar-refractivity contribution >= 4 is 0 Å². The van der Waals surface area contributed by atoms with E-state index in [1.165, 1.54) is 0 Å². The first-order chi connectivity index (χ1) is 12.9. The van der Waals surface area contributed by atoms with Gasteiger partial charge in [-0.2, -0.15) is 5.10 Å². The van der Waals surface area contributed by atoms with Gasteiger partial charge in [-0.05, 0) is 30.5 Å². The molecule has 0 spiro atoms. The molecule has 1 aromatic heterocycles. The van der Waals surface area contributed by atoms with Gasteiger partial charge in [0, 0.05) is 12.0 Å². The van der Waals surface area contributed by atoms with E-state index in [0.29, 0.717) is 19.1 Å². The highest BCUT2D eigenvalue weighted by Gasteiger charge is 2.29. The van der Waals surface area contributed by atoms with Gasteiger partial charge in [0.1, 0.15) is 6.61 Å². The molecule has 2 aliphatic rings. The Hall–Kier alpha value is -2.86. The fourth-order valence-electron chi connectivity index (χ4n) is 3.03. The molecule has 1 aliphatic carbocycles. The van der Waals surface area contributed by atoms with Crippen LogP contribution >= 0.6 is 0 Å². The lowest BCUT2D eigenvalue weighted by atomic mass is 10.2. The predicted molar refractivity (Wildman–Crippen MR) is 94.4 cm³/mol. The summed E-state index contributed by atoms with van der Waals surface area (Å²) in [5.74, 6) is 3.70. The second-order valence-corrected chi connectivity index (χ2v) is 6.59. The SMILES string of the molecule is c1ccc(COCc2nc(C3CC3)nn2-c2ccc3c(c2)OCO3)cc1. The van der Waals surface area contributed by atoms with Crippen LogP contribution in [0, 0.1) is 0 Å². The molecule has 0 atom stereocenters. The molecule has 5 rings (SSSR count). The van der Waals surface area contributed by atoms with Gasteiger partial charge in [-0.3, -0.25) is 0 Å². The average molecular weight is 349 g/mol. The molecular formula is C20H19N3O3. The van der Waals surface area contributed by atoms with E-state index in [1.807, 2.05) is 41.1 Å². The van der Waals surface area contributed by atoms with Crippen molar-refractivity contribution in [2.45, 2.75) is 32.0 Å².